The lowest BCUT2D eigenvalue weighted by molar-refractivity contribution is -0.113. The zero-order valence-electron chi connectivity index (χ0n) is 17.0. The molecule has 1 N–H and O–H groups in total. The summed E-state index contributed by atoms with van der Waals surface area (Å²) in [6.07, 6.45) is 1.55. The molecule has 158 valence electrons. The summed E-state index contributed by atoms with van der Waals surface area (Å²) in [5.74, 6) is 0.548. The average Bonchev–Trinajstić information content (AvgIpc) is 3.25. The van der Waals surface area contributed by atoms with E-state index in [4.69, 9.17) is 16.0 Å². The molecule has 0 saturated carbocycles. The van der Waals surface area contributed by atoms with Crippen LogP contribution in [0.15, 0.2) is 69.2 Å². The van der Waals surface area contributed by atoms with Crippen LogP contribution >= 0.6 is 23.4 Å². The van der Waals surface area contributed by atoms with Crippen LogP contribution in [0.1, 0.15) is 16.9 Å². The molecule has 6 nitrogen and oxygen atoms in total. The van der Waals surface area contributed by atoms with Gasteiger partial charge in [0, 0.05) is 10.7 Å². The monoisotopic (exact) mass is 453 g/mol. The molecule has 0 atom stereocenters. The van der Waals surface area contributed by atoms with Crippen LogP contribution in [0.5, 0.6) is 0 Å². The molecule has 0 spiro atoms. The molecule has 4 aromatic rings. The summed E-state index contributed by atoms with van der Waals surface area (Å²) in [5, 5.41) is 4.31. The zero-order valence-corrected chi connectivity index (χ0v) is 18.6. The topological polar surface area (TPSA) is 77.1 Å². The SMILES string of the molecule is Cc1cccc(NC(=O)CSc2nc3cc(Cl)ccc3c(=O)n2Cc2ccco2)c1C. The first-order chi connectivity index (χ1) is 14.9. The van der Waals surface area contributed by atoms with Crippen LogP contribution in [-0.4, -0.2) is 21.2 Å². The van der Waals surface area contributed by atoms with Gasteiger partial charge in [-0.2, -0.15) is 0 Å². The predicted molar refractivity (Wildman–Crippen MR) is 124 cm³/mol. The maximum Gasteiger partial charge on any atom is 0.262 e. The van der Waals surface area contributed by atoms with Crippen molar-refractivity contribution in [2.24, 2.45) is 0 Å². The fourth-order valence-corrected chi connectivity index (χ4v) is 4.15. The number of nitrogens with zero attached hydrogens (tertiary/aromatic N) is 2. The Bertz CT molecular complexity index is 1320. The van der Waals surface area contributed by atoms with E-state index >= 15 is 0 Å². The number of carbonyl (C=O) groups excluding carboxylic acids is 1. The Morgan fingerprint density at radius 2 is 2.03 bits per heavy atom. The number of furan rings is 1. The van der Waals surface area contributed by atoms with E-state index < -0.39 is 0 Å². The van der Waals surface area contributed by atoms with Crippen LogP contribution in [0.25, 0.3) is 10.9 Å². The second-order valence-electron chi connectivity index (χ2n) is 7.11. The summed E-state index contributed by atoms with van der Waals surface area (Å²) in [5.41, 5.74) is 3.18. The maximum absolute atomic E-state index is 13.1. The second kappa shape index (κ2) is 8.99. The van der Waals surface area contributed by atoms with Gasteiger partial charge in [0.25, 0.3) is 5.56 Å². The lowest BCUT2D eigenvalue weighted by Crippen LogP contribution is -2.24. The van der Waals surface area contributed by atoms with Crippen LogP contribution in [-0.2, 0) is 11.3 Å². The summed E-state index contributed by atoms with van der Waals surface area (Å²) in [7, 11) is 0. The van der Waals surface area contributed by atoms with Crippen molar-refractivity contribution in [2.75, 3.05) is 11.1 Å². The summed E-state index contributed by atoms with van der Waals surface area (Å²) < 4.78 is 6.93. The van der Waals surface area contributed by atoms with Crippen LogP contribution in [0.3, 0.4) is 0 Å². The number of anilines is 1. The minimum absolute atomic E-state index is 0.101. The molecule has 0 aliphatic heterocycles. The highest BCUT2D eigenvalue weighted by atomic mass is 35.5. The highest BCUT2D eigenvalue weighted by molar-refractivity contribution is 7.99. The average molecular weight is 454 g/mol. The van der Waals surface area contributed by atoms with E-state index in [0.29, 0.717) is 26.8 Å². The van der Waals surface area contributed by atoms with E-state index in [-0.39, 0.29) is 23.8 Å². The zero-order chi connectivity index (χ0) is 22.0. The molecule has 2 aromatic heterocycles. The van der Waals surface area contributed by atoms with E-state index in [1.54, 1.807) is 36.6 Å². The summed E-state index contributed by atoms with van der Waals surface area (Å²) >= 11 is 7.29. The number of aryl methyl sites for hydroxylation is 1. The van der Waals surface area contributed by atoms with Gasteiger partial charge in [0.2, 0.25) is 5.91 Å². The minimum atomic E-state index is -0.212. The van der Waals surface area contributed by atoms with Gasteiger partial charge in [0.15, 0.2) is 5.16 Å². The lowest BCUT2D eigenvalue weighted by atomic mass is 10.1. The molecule has 0 aliphatic carbocycles. The third-order valence-corrected chi connectivity index (χ3v) is 6.20. The first-order valence-electron chi connectivity index (χ1n) is 9.64. The number of hydrogen-bond donors (Lipinski definition) is 1. The van der Waals surface area contributed by atoms with Gasteiger partial charge in [0.05, 0.1) is 29.5 Å². The Hall–Kier alpha value is -3.03. The van der Waals surface area contributed by atoms with E-state index in [0.717, 1.165) is 16.8 Å². The third-order valence-electron chi connectivity index (χ3n) is 4.99. The van der Waals surface area contributed by atoms with Gasteiger partial charge in [-0.05, 0) is 61.4 Å². The second-order valence-corrected chi connectivity index (χ2v) is 8.49. The normalized spacial score (nSPS) is 11.1. The lowest BCUT2D eigenvalue weighted by Gasteiger charge is -2.13. The largest absolute Gasteiger partial charge is 0.467 e. The van der Waals surface area contributed by atoms with Crippen molar-refractivity contribution < 1.29 is 9.21 Å². The Kier molecular flexibility index (Phi) is 6.15. The van der Waals surface area contributed by atoms with Crippen molar-refractivity contribution in [3.8, 4) is 0 Å². The van der Waals surface area contributed by atoms with E-state index in [1.807, 2.05) is 32.0 Å². The van der Waals surface area contributed by atoms with Gasteiger partial charge in [-0.15, -0.1) is 0 Å². The number of halogens is 1. The predicted octanol–water partition coefficient (Wildman–Crippen LogP) is 5.04. The molecule has 2 aromatic carbocycles. The molecule has 1 amide bonds. The van der Waals surface area contributed by atoms with Crippen LogP contribution in [0, 0.1) is 13.8 Å². The highest BCUT2D eigenvalue weighted by Crippen LogP contribution is 2.23. The number of hydrogen-bond acceptors (Lipinski definition) is 5. The molecule has 0 unspecified atom stereocenters. The van der Waals surface area contributed by atoms with E-state index in [2.05, 4.69) is 10.3 Å². The van der Waals surface area contributed by atoms with Crippen molar-refractivity contribution in [1.82, 2.24) is 9.55 Å². The smallest absolute Gasteiger partial charge is 0.262 e. The van der Waals surface area contributed by atoms with Crippen molar-refractivity contribution in [2.45, 2.75) is 25.5 Å². The molecule has 2 heterocycles. The van der Waals surface area contributed by atoms with Crippen LogP contribution in [0.4, 0.5) is 5.69 Å². The summed E-state index contributed by atoms with van der Waals surface area (Å²) in [6, 6.07) is 14.3. The van der Waals surface area contributed by atoms with E-state index in [1.165, 1.54) is 16.3 Å². The number of rotatable bonds is 6. The quantitative estimate of drug-likeness (QED) is 0.327. The Morgan fingerprint density at radius 3 is 2.81 bits per heavy atom. The Labute approximate surface area is 188 Å². The molecular weight excluding hydrogens is 434 g/mol. The highest BCUT2D eigenvalue weighted by Gasteiger charge is 2.15. The molecule has 31 heavy (non-hydrogen) atoms. The molecule has 0 bridgehead atoms. The van der Waals surface area contributed by atoms with Gasteiger partial charge in [0.1, 0.15) is 5.76 Å². The summed E-state index contributed by atoms with van der Waals surface area (Å²) in [4.78, 5) is 30.3. The fourth-order valence-electron chi connectivity index (χ4n) is 3.18. The van der Waals surface area contributed by atoms with Gasteiger partial charge in [-0.25, -0.2) is 4.98 Å². The standard InChI is InChI=1S/C23H20ClN3O3S/c1-14-5-3-7-19(15(14)2)25-21(28)13-31-23-26-20-11-16(24)8-9-18(20)22(29)27(23)12-17-6-4-10-30-17/h3-11H,12-13H2,1-2H3,(H,25,28). The van der Waals surface area contributed by atoms with Crippen molar-refractivity contribution >= 4 is 45.9 Å². The third kappa shape index (κ3) is 4.68. The van der Waals surface area contributed by atoms with Crippen molar-refractivity contribution in [3.05, 3.63) is 87.1 Å². The number of amides is 1. The van der Waals surface area contributed by atoms with Crippen LogP contribution in [0.2, 0.25) is 5.02 Å². The first-order valence-corrected chi connectivity index (χ1v) is 11.0. The Morgan fingerprint density at radius 1 is 1.19 bits per heavy atom. The molecule has 0 fully saturated rings. The Balaban J connectivity index is 1.63. The molecule has 8 heteroatoms. The molecule has 0 aliphatic rings. The number of thioether (sulfide) groups is 1. The van der Waals surface area contributed by atoms with E-state index in [9.17, 15) is 9.59 Å². The maximum atomic E-state index is 13.1. The number of carbonyl (C=O) groups is 1. The number of fused-ring (bicyclic) bond motifs is 1. The minimum Gasteiger partial charge on any atom is -0.467 e. The van der Waals surface area contributed by atoms with Gasteiger partial charge < -0.3 is 9.73 Å². The summed E-state index contributed by atoms with van der Waals surface area (Å²) in [6.45, 7) is 4.18. The molecular formula is C23H20ClN3O3S. The van der Waals surface area contributed by atoms with Gasteiger partial charge in [-0.1, -0.05) is 35.5 Å². The number of nitrogens with one attached hydrogen (secondary N) is 1. The van der Waals surface area contributed by atoms with Crippen LogP contribution < -0.4 is 10.9 Å². The molecule has 4 rings (SSSR count). The van der Waals surface area contributed by atoms with Gasteiger partial charge >= 0.3 is 0 Å². The molecule has 0 saturated heterocycles. The molecule has 0 radical (unpaired) electrons. The first kappa shape index (κ1) is 21.2. The van der Waals surface area contributed by atoms with Crippen molar-refractivity contribution in [1.29, 1.82) is 0 Å². The number of benzene rings is 2. The number of aromatic nitrogens is 2. The van der Waals surface area contributed by atoms with Gasteiger partial charge in [-0.3, -0.25) is 14.2 Å². The fraction of sp³-hybridized carbons (Fsp3) is 0.174. The van der Waals surface area contributed by atoms with Crippen molar-refractivity contribution in [3.63, 3.8) is 0 Å².